The lowest BCUT2D eigenvalue weighted by atomic mass is 9.78. The van der Waals surface area contributed by atoms with Crippen LogP contribution in [0.25, 0.3) is 0 Å². The number of carbonyl (C=O) groups excluding carboxylic acids is 1. The predicted molar refractivity (Wildman–Crippen MR) is 156 cm³/mol. The van der Waals surface area contributed by atoms with E-state index in [0.29, 0.717) is 37.0 Å². The number of aliphatic hydroxyl groups is 1. The number of nitrogens with zero attached hydrogens (tertiary/aromatic N) is 4. The van der Waals surface area contributed by atoms with Crippen molar-refractivity contribution in [2.45, 2.75) is 70.3 Å². The molecule has 1 N–H and O–H groups in total. The smallest absolute Gasteiger partial charge is 0.230 e. The largest absolute Gasteiger partial charge is 0.496 e. The topological polar surface area (TPSA) is 80.5 Å². The lowest BCUT2D eigenvalue weighted by Crippen LogP contribution is -2.41. The van der Waals surface area contributed by atoms with Crippen LogP contribution in [0.5, 0.6) is 5.75 Å². The molecule has 7 heteroatoms. The molecule has 1 aromatic heterocycles. The first kappa shape index (κ1) is 27.9. The van der Waals surface area contributed by atoms with Crippen molar-refractivity contribution in [2.75, 3.05) is 18.6 Å². The van der Waals surface area contributed by atoms with Gasteiger partial charge in [-0.05, 0) is 111 Å². The number of aliphatic hydroxyl groups excluding tert-OH is 1. The first-order chi connectivity index (χ1) is 19.4. The van der Waals surface area contributed by atoms with Crippen molar-refractivity contribution < 1.29 is 14.6 Å². The van der Waals surface area contributed by atoms with Crippen molar-refractivity contribution in [2.24, 2.45) is 18.9 Å². The molecule has 40 heavy (non-hydrogen) atoms. The third-order valence-corrected chi connectivity index (χ3v) is 8.57. The van der Waals surface area contributed by atoms with E-state index in [9.17, 15) is 9.90 Å². The van der Waals surface area contributed by atoms with Gasteiger partial charge in [0.05, 0.1) is 13.2 Å². The third-order valence-electron chi connectivity index (χ3n) is 8.57. The number of carbonyl (C=O) groups is 1. The monoisotopic (exact) mass is 540 g/mol. The van der Waals surface area contributed by atoms with Gasteiger partial charge in [-0.15, -0.1) is 5.10 Å². The second kappa shape index (κ2) is 12.7. The van der Waals surface area contributed by atoms with E-state index in [4.69, 9.17) is 4.74 Å². The molecule has 7 nitrogen and oxygen atoms in total. The van der Waals surface area contributed by atoms with Crippen molar-refractivity contribution in [3.8, 4) is 17.6 Å². The van der Waals surface area contributed by atoms with E-state index in [0.717, 1.165) is 55.5 Å². The molecule has 0 saturated heterocycles. The van der Waals surface area contributed by atoms with Crippen LogP contribution in [0.2, 0.25) is 0 Å². The second-order valence-electron chi connectivity index (χ2n) is 11.4. The minimum atomic E-state index is -0.284. The molecule has 2 aliphatic rings. The predicted octanol–water partition coefficient (Wildman–Crippen LogP) is 5.39. The zero-order valence-corrected chi connectivity index (χ0v) is 23.8. The Hall–Kier alpha value is -3.63. The van der Waals surface area contributed by atoms with Crippen LogP contribution in [-0.2, 0) is 11.8 Å². The first-order valence-electron chi connectivity index (χ1n) is 14.5. The van der Waals surface area contributed by atoms with E-state index in [1.54, 1.807) is 18.1 Å². The summed E-state index contributed by atoms with van der Waals surface area (Å²) in [6.45, 7) is 2.82. The standard InChI is InChI=1S/C33H40N4O3/c1-23-19-28(14-17-31(23)40-3)26-10-7-25(8-11-26)21-37(33(39)27-12-15-30(38)16-13-27)29-6-4-5-24(20-29)9-18-32-34-22-36(2)35-32/h4-6,14,17,19-20,22,25-27,30,38H,7-8,10-13,15-16,21H2,1-3H3. The molecule has 0 unspecified atom stereocenters. The Morgan fingerprint density at radius 3 is 2.50 bits per heavy atom. The summed E-state index contributed by atoms with van der Waals surface area (Å²) in [6, 6.07) is 14.5. The summed E-state index contributed by atoms with van der Waals surface area (Å²) in [6.07, 6.45) is 8.64. The molecule has 5 rings (SSSR count). The Morgan fingerprint density at radius 1 is 1.05 bits per heavy atom. The highest BCUT2D eigenvalue weighted by Gasteiger charge is 2.32. The van der Waals surface area contributed by atoms with Gasteiger partial charge in [-0.25, -0.2) is 4.98 Å². The number of hydrogen-bond acceptors (Lipinski definition) is 5. The van der Waals surface area contributed by atoms with Crippen molar-refractivity contribution in [1.29, 1.82) is 0 Å². The zero-order chi connectivity index (χ0) is 28.1. The lowest BCUT2D eigenvalue weighted by molar-refractivity contribution is -0.124. The lowest BCUT2D eigenvalue weighted by Gasteiger charge is -2.36. The SMILES string of the molecule is COc1ccc(C2CCC(CN(C(=O)C3CCC(O)CC3)c3cccc(C#Cc4ncn(C)n4)c3)CC2)cc1C. The van der Waals surface area contributed by atoms with Gasteiger partial charge in [-0.2, -0.15) is 0 Å². The highest BCUT2D eigenvalue weighted by molar-refractivity contribution is 5.95. The van der Waals surface area contributed by atoms with Crippen LogP contribution in [0.1, 0.15) is 79.8 Å². The molecule has 1 amide bonds. The minimum Gasteiger partial charge on any atom is -0.496 e. The van der Waals surface area contributed by atoms with E-state index in [1.807, 2.05) is 36.2 Å². The first-order valence-corrected chi connectivity index (χ1v) is 14.5. The van der Waals surface area contributed by atoms with Crippen molar-refractivity contribution in [3.63, 3.8) is 0 Å². The number of amides is 1. The fourth-order valence-electron chi connectivity index (χ4n) is 6.23. The Morgan fingerprint density at radius 2 is 1.82 bits per heavy atom. The highest BCUT2D eigenvalue weighted by Crippen LogP contribution is 2.38. The van der Waals surface area contributed by atoms with Crippen LogP contribution < -0.4 is 9.64 Å². The maximum Gasteiger partial charge on any atom is 0.230 e. The van der Waals surface area contributed by atoms with E-state index >= 15 is 0 Å². The summed E-state index contributed by atoms with van der Waals surface area (Å²) < 4.78 is 7.08. The molecule has 3 aromatic rings. The summed E-state index contributed by atoms with van der Waals surface area (Å²) in [5, 5.41) is 14.3. The molecular formula is C33H40N4O3. The summed E-state index contributed by atoms with van der Waals surface area (Å²) in [5.41, 5.74) is 4.29. The van der Waals surface area contributed by atoms with Crippen LogP contribution in [0.15, 0.2) is 48.8 Å². The van der Waals surface area contributed by atoms with Gasteiger partial charge < -0.3 is 14.7 Å². The average molecular weight is 541 g/mol. The maximum atomic E-state index is 13.9. The van der Waals surface area contributed by atoms with E-state index < -0.39 is 0 Å². The van der Waals surface area contributed by atoms with Crippen molar-refractivity contribution >= 4 is 11.6 Å². The van der Waals surface area contributed by atoms with Crippen molar-refractivity contribution in [1.82, 2.24) is 14.8 Å². The molecule has 0 radical (unpaired) electrons. The van der Waals surface area contributed by atoms with Crippen LogP contribution in [0, 0.1) is 30.6 Å². The van der Waals surface area contributed by atoms with Crippen LogP contribution in [0.4, 0.5) is 5.69 Å². The molecule has 0 atom stereocenters. The number of methoxy groups -OCH3 is 1. The zero-order valence-electron chi connectivity index (χ0n) is 23.8. The number of rotatable bonds is 6. The van der Waals surface area contributed by atoms with Crippen LogP contribution in [-0.4, -0.2) is 45.5 Å². The number of hydrogen-bond donors (Lipinski definition) is 1. The van der Waals surface area contributed by atoms with Gasteiger partial charge in [0, 0.05) is 30.8 Å². The van der Waals surface area contributed by atoms with Gasteiger partial charge in [-0.3, -0.25) is 9.48 Å². The molecule has 0 bridgehead atoms. The molecule has 2 fully saturated rings. The van der Waals surface area contributed by atoms with Gasteiger partial charge in [0.25, 0.3) is 0 Å². The molecule has 2 aromatic carbocycles. The third kappa shape index (κ3) is 6.74. The Kier molecular flexibility index (Phi) is 8.86. The molecule has 1 heterocycles. The second-order valence-corrected chi connectivity index (χ2v) is 11.4. The van der Waals surface area contributed by atoms with Gasteiger partial charge in [0.2, 0.25) is 11.7 Å². The average Bonchev–Trinajstić information content (AvgIpc) is 3.40. The fraction of sp³-hybridized carbons (Fsp3) is 0.485. The Balaban J connectivity index is 1.32. The number of anilines is 1. The molecular weight excluding hydrogens is 500 g/mol. The van der Waals surface area contributed by atoms with Gasteiger partial charge in [0.15, 0.2) is 0 Å². The highest BCUT2D eigenvalue weighted by atomic mass is 16.5. The number of ether oxygens (including phenoxy) is 1. The molecule has 2 aliphatic carbocycles. The number of aryl methyl sites for hydroxylation is 2. The van der Waals surface area contributed by atoms with E-state index in [2.05, 4.69) is 47.0 Å². The van der Waals surface area contributed by atoms with E-state index in [1.165, 1.54) is 11.1 Å². The normalized spacial score (nSPS) is 22.7. The minimum absolute atomic E-state index is 0.0468. The number of benzene rings is 2. The van der Waals surface area contributed by atoms with Crippen LogP contribution >= 0.6 is 0 Å². The maximum absolute atomic E-state index is 13.9. The summed E-state index contributed by atoms with van der Waals surface area (Å²) in [5.74, 6) is 8.73. The van der Waals surface area contributed by atoms with Gasteiger partial charge >= 0.3 is 0 Å². The van der Waals surface area contributed by atoms with Gasteiger partial charge in [-0.1, -0.05) is 24.1 Å². The quantitative estimate of drug-likeness (QED) is 0.424. The van der Waals surface area contributed by atoms with Crippen LogP contribution in [0.3, 0.4) is 0 Å². The molecule has 0 aliphatic heterocycles. The molecule has 2 saturated carbocycles. The molecule has 0 spiro atoms. The Bertz CT molecular complexity index is 1370. The molecule has 210 valence electrons. The summed E-state index contributed by atoms with van der Waals surface area (Å²) in [7, 11) is 3.54. The summed E-state index contributed by atoms with van der Waals surface area (Å²) >= 11 is 0. The van der Waals surface area contributed by atoms with E-state index in [-0.39, 0.29) is 17.9 Å². The number of aromatic nitrogens is 3. The fourth-order valence-corrected chi connectivity index (χ4v) is 6.23. The van der Waals surface area contributed by atoms with Gasteiger partial charge in [0.1, 0.15) is 12.1 Å². The Labute approximate surface area is 237 Å². The van der Waals surface area contributed by atoms with Crippen molar-refractivity contribution in [3.05, 3.63) is 71.3 Å². The summed E-state index contributed by atoms with van der Waals surface area (Å²) in [4.78, 5) is 20.1.